The molecule has 0 radical (unpaired) electrons. The summed E-state index contributed by atoms with van der Waals surface area (Å²) in [5.41, 5.74) is 0.348. The van der Waals surface area contributed by atoms with Crippen molar-refractivity contribution in [3.05, 3.63) is 70.5 Å². The van der Waals surface area contributed by atoms with Crippen molar-refractivity contribution in [3.8, 4) is 0 Å². The van der Waals surface area contributed by atoms with Crippen LogP contribution in [-0.4, -0.2) is 55.4 Å². The van der Waals surface area contributed by atoms with Crippen LogP contribution in [0, 0.1) is 5.82 Å². The van der Waals surface area contributed by atoms with Crippen LogP contribution in [0.3, 0.4) is 0 Å². The summed E-state index contributed by atoms with van der Waals surface area (Å²) in [7, 11) is 0. The van der Waals surface area contributed by atoms with Crippen LogP contribution in [0.15, 0.2) is 48.5 Å². The highest BCUT2D eigenvalue weighted by atomic mass is 35.5. The Morgan fingerprint density at radius 3 is 2.82 bits per heavy atom. The molecule has 5 rings (SSSR count). The predicted octanol–water partition coefficient (Wildman–Crippen LogP) is 3.19. The molecular weight excluding hydrogens is 451 g/mol. The smallest absolute Gasteiger partial charge is 0.251 e. The molecule has 33 heavy (non-hydrogen) atoms. The number of halogens is 2. The molecule has 0 aromatic heterocycles. The minimum atomic E-state index is -0.842. The first-order chi connectivity index (χ1) is 15.8. The van der Waals surface area contributed by atoms with Crippen molar-refractivity contribution >= 4 is 17.5 Å². The second-order valence-electron chi connectivity index (χ2n) is 9.05. The summed E-state index contributed by atoms with van der Waals surface area (Å²) < 4.78 is 37.6. The number of nitrogens with one attached hydrogen (secondary N) is 2. The third-order valence-electron chi connectivity index (χ3n) is 6.12. The minimum absolute atomic E-state index is 0.104. The molecule has 1 amide bonds. The summed E-state index contributed by atoms with van der Waals surface area (Å²) in [5.74, 6) is -1.67. The fraction of sp³-hybridized carbons (Fsp3) is 0.458. The number of amides is 1. The van der Waals surface area contributed by atoms with Gasteiger partial charge in [0.1, 0.15) is 29.9 Å². The first-order valence-corrected chi connectivity index (χ1v) is 11.3. The van der Waals surface area contributed by atoms with Gasteiger partial charge in [0.25, 0.3) is 5.91 Å². The van der Waals surface area contributed by atoms with Crippen LogP contribution in [-0.2, 0) is 18.9 Å². The van der Waals surface area contributed by atoms with E-state index in [1.54, 1.807) is 6.07 Å². The number of benzene rings is 2. The van der Waals surface area contributed by atoms with E-state index in [1.807, 2.05) is 38.1 Å². The van der Waals surface area contributed by atoms with Gasteiger partial charge in [-0.15, -0.1) is 0 Å². The maximum atomic E-state index is 13.5. The van der Waals surface area contributed by atoms with Gasteiger partial charge in [0.2, 0.25) is 0 Å². The van der Waals surface area contributed by atoms with Crippen LogP contribution in [0.2, 0.25) is 5.02 Å². The minimum Gasteiger partial charge on any atom is -0.371 e. The maximum absolute atomic E-state index is 13.5. The summed E-state index contributed by atoms with van der Waals surface area (Å²) >= 11 is 6.26. The van der Waals surface area contributed by atoms with Gasteiger partial charge in [-0.05, 0) is 38.1 Å². The molecule has 9 heteroatoms. The van der Waals surface area contributed by atoms with Crippen LogP contribution in [0.5, 0.6) is 0 Å². The Balaban J connectivity index is 1.21. The molecular formula is C24H26ClFN2O5. The SMILES string of the molecule is CC1(C)O[C@@H]2[C@@H](CNC3OC3c3ccccc3Cl)OC[C@]2(CNC(=O)c2cccc(F)c2)O1. The van der Waals surface area contributed by atoms with Gasteiger partial charge in [-0.25, -0.2) is 4.39 Å². The Labute approximate surface area is 196 Å². The van der Waals surface area contributed by atoms with E-state index in [9.17, 15) is 9.18 Å². The van der Waals surface area contributed by atoms with E-state index in [-0.39, 0.29) is 43.1 Å². The number of rotatable bonds is 7. The first-order valence-electron chi connectivity index (χ1n) is 10.9. The van der Waals surface area contributed by atoms with Gasteiger partial charge in [-0.1, -0.05) is 35.9 Å². The summed E-state index contributed by atoms with van der Waals surface area (Å²) in [6.45, 7) is 4.59. The summed E-state index contributed by atoms with van der Waals surface area (Å²) in [5, 5.41) is 6.88. The van der Waals surface area contributed by atoms with Crippen LogP contribution < -0.4 is 10.6 Å². The molecule has 0 spiro atoms. The van der Waals surface area contributed by atoms with E-state index < -0.39 is 23.3 Å². The quantitative estimate of drug-likeness (QED) is 0.597. The fourth-order valence-corrected chi connectivity index (χ4v) is 4.85. The number of fused-ring (bicyclic) bond motifs is 1. The number of ether oxygens (including phenoxy) is 4. The van der Waals surface area contributed by atoms with Gasteiger partial charge in [-0.3, -0.25) is 10.1 Å². The van der Waals surface area contributed by atoms with Crippen molar-refractivity contribution in [2.24, 2.45) is 0 Å². The predicted molar refractivity (Wildman–Crippen MR) is 118 cm³/mol. The summed E-state index contributed by atoms with van der Waals surface area (Å²) in [6.07, 6.45) is -0.960. The molecule has 2 aromatic rings. The van der Waals surface area contributed by atoms with Crippen molar-refractivity contribution in [2.45, 2.75) is 49.8 Å². The third-order valence-corrected chi connectivity index (χ3v) is 6.46. The number of hydrogen-bond acceptors (Lipinski definition) is 6. The van der Waals surface area contributed by atoms with Gasteiger partial charge in [0, 0.05) is 22.7 Å². The fourth-order valence-electron chi connectivity index (χ4n) is 4.60. The Bertz CT molecular complexity index is 1050. The first kappa shape index (κ1) is 22.7. The second-order valence-corrected chi connectivity index (χ2v) is 9.46. The second kappa shape index (κ2) is 8.61. The van der Waals surface area contributed by atoms with Gasteiger partial charge in [0.15, 0.2) is 5.79 Å². The molecule has 3 fully saturated rings. The Hall–Kier alpha value is -2.07. The topological polar surface area (TPSA) is 81.4 Å². The molecule has 0 aliphatic carbocycles. The molecule has 176 valence electrons. The Kier molecular flexibility index (Phi) is 5.93. The van der Waals surface area contributed by atoms with Gasteiger partial charge >= 0.3 is 0 Å². The van der Waals surface area contributed by atoms with Crippen molar-refractivity contribution in [2.75, 3.05) is 19.7 Å². The zero-order valence-corrected chi connectivity index (χ0v) is 19.1. The van der Waals surface area contributed by atoms with E-state index in [2.05, 4.69) is 10.6 Å². The molecule has 5 atom stereocenters. The van der Waals surface area contributed by atoms with Crippen molar-refractivity contribution in [3.63, 3.8) is 0 Å². The van der Waals surface area contributed by atoms with E-state index in [0.29, 0.717) is 11.6 Å². The lowest BCUT2D eigenvalue weighted by atomic mass is 9.96. The summed E-state index contributed by atoms with van der Waals surface area (Å²) in [6, 6.07) is 13.2. The molecule has 0 saturated carbocycles. The molecule has 0 bridgehead atoms. The van der Waals surface area contributed by atoms with E-state index in [1.165, 1.54) is 18.2 Å². The third kappa shape index (κ3) is 4.64. The highest BCUT2D eigenvalue weighted by molar-refractivity contribution is 6.31. The molecule has 2 unspecified atom stereocenters. The van der Waals surface area contributed by atoms with E-state index >= 15 is 0 Å². The molecule has 3 saturated heterocycles. The number of hydrogen-bond donors (Lipinski definition) is 2. The summed E-state index contributed by atoms with van der Waals surface area (Å²) in [4.78, 5) is 12.5. The Morgan fingerprint density at radius 1 is 1.21 bits per heavy atom. The van der Waals surface area contributed by atoms with Crippen LogP contribution >= 0.6 is 11.6 Å². The molecule has 2 N–H and O–H groups in total. The average Bonchev–Trinajstić information content (AvgIpc) is 3.40. The normalized spacial score (nSPS) is 31.9. The lowest BCUT2D eigenvalue weighted by Gasteiger charge is -2.27. The van der Waals surface area contributed by atoms with Crippen molar-refractivity contribution in [1.82, 2.24) is 10.6 Å². The molecule has 2 aromatic carbocycles. The highest BCUT2D eigenvalue weighted by Gasteiger charge is 2.61. The zero-order valence-electron chi connectivity index (χ0n) is 18.3. The van der Waals surface area contributed by atoms with Crippen molar-refractivity contribution < 1.29 is 28.1 Å². The van der Waals surface area contributed by atoms with Crippen LogP contribution in [0.25, 0.3) is 0 Å². The largest absolute Gasteiger partial charge is 0.371 e. The van der Waals surface area contributed by atoms with E-state index in [4.69, 9.17) is 30.5 Å². The molecule has 7 nitrogen and oxygen atoms in total. The Morgan fingerprint density at radius 2 is 2.03 bits per heavy atom. The van der Waals surface area contributed by atoms with Crippen LogP contribution in [0.1, 0.15) is 35.9 Å². The van der Waals surface area contributed by atoms with Crippen molar-refractivity contribution in [1.29, 1.82) is 0 Å². The highest BCUT2D eigenvalue weighted by Crippen LogP contribution is 2.44. The van der Waals surface area contributed by atoms with E-state index in [0.717, 1.165) is 5.56 Å². The van der Waals surface area contributed by atoms with Gasteiger partial charge in [-0.2, -0.15) is 0 Å². The molecule has 3 aliphatic heterocycles. The number of epoxide rings is 1. The lowest BCUT2D eigenvalue weighted by Crippen LogP contribution is -2.52. The van der Waals surface area contributed by atoms with Gasteiger partial charge in [0.05, 0.1) is 19.3 Å². The lowest BCUT2D eigenvalue weighted by molar-refractivity contribution is -0.188. The molecule has 3 aliphatic rings. The monoisotopic (exact) mass is 476 g/mol. The average molecular weight is 477 g/mol. The standard InChI is InChI=1S/C24H26ClFN2O5/c1-23(2)32-20-18(11-27-22-19(31-22)16-8-3-4-9-17(16)25)30-13-24(20,33-23)12-28-21(29)14-6-5-7-15(26)10-14/h3-10,18-20,22,27H,11-13H2,1-2H3,(H,28,29)/t18-,19?,20-,22?,24+/m1/s1. The number of carbonyl (C=O) groups excluding carboxylic acids is 1. The maximum Gasteiger partial charge on any atom is 0.251 e. The number of carbonyl (C=O) groups is 1. The molecule has 3 heterocycles. The van der Waals surface area contributed by atoms with Gasteiger partial charge < -0.3 is 24.3 Å². The zero-order chi connectivity index (χ0) is 23.2. The van der Waals surface area contributed by atoms with Crippen LogP contribution in [0.4, 0.5) is 4.39 Å².